The number of hydrogen-bond acceptors (Lipinski definition) is 7. The molecule has 3 aromatic heterocycles. The molecule has 1 aliphatic carbocycles. The number of fused-ring (bicyclic) bond motifs is 2. The van der Waals surface area contributed by atoms with E-state index in [-0.39, 0.29) is 17.6 Å². The van der Waals surface area contributed by atoms with Crippen molar-refractivity contribution in [2.24, 2.45) is 0 Å². The fraction of sp³-hybridized carbons (Fsp3) is 0.333. The largest absolute Gasteiger partial charge is 0.360 e. The zero-order valence-corrected chi connectivity index (χ0v) is 20.6. The van der Waals surface area contributed by atoms with Gasteiger partial charge in [-0.3, -0.25) is 9.59 Å². The smallest absolute Gasteiger partial charge is 0.238 e. The highest BCUT2D eigenvalue weighted by Gasteiger charge is 2.25. The van der Waals surface area contributed by atoms with Crippen LogP contribution >= 0.6 is 23.1 Å². The summed E-state index contributed by atoms with van der Waals surface area (Å²) in [7, 11) is 0. The molecule has 0 spiro atoms. The molecule has 1 aliphatic rings. The molecule has 0 radical (unpaired) electrons. The molecule has 3 N–H and O–H groups in total. The zero-order chi connectivity index (χ0) is 23.7. The zero-order valence-electron chi connectivity index (χ0n) is 18.9. The van der Waals surface area contributed by atoms with E-state index in [0.29, 0.717) is 11.6 Å². The second-order valence-electron chi connectivity index (χ2n) is 8.33. The van der Waals surface area contributed by atoms with E-state index in [9.17, 15) is 9.59 Å². The van der Waals surface area contributed by atoms with Crippen LogP contribution in [0.1, 0.15) is 36.0 Å². The summed E-state index contributed by atoms with van der Waals surface area (Å²) in [6.45, 7) is 3.52. The van der Waals surface area contributed by atoms with Crippen molar-refractivity contribution < 1.29 is 14.1 Å². The van der Waals surface area contributed by atoms with Crippen LogP contribution < -0.4 is 10.6 Å². The van der Waals surface area contributed by atoms with Gasteiger partial charge < -0.3 is 20.1 Å². The summed E-state index contributed by atoms with van der Waals surface area (Å²) in [6.07, 6.45) is 4.31. The Morgan fingerprint density at radius 2 is 2.06 bits per heavy atom. The van der Waals surface area contributed by atoms with Gasteiger partial charge in [0.1, 0.15) is 16.6 Å². The monoisotopic (exact) mass is 495 g/mol. The van der Waals surface area contributed by atoms with Crippen molar-refractivity contribution in [1.29, 1.82) is 0 Å². The molecule has 0 bridgehead atoms. The molecule has 5 rings (SSSR count). The average molecular weight is 496 g/mol. The number of hydrogen-bond donors (Lipinski definition) is 3. The number of imidazole rings is 1. The van der Waals surface area contributed by atoms with Crippen molar-refractivity contribution >= 4 is 56.8 Å². The molecule has 0 saturated heterocycles. The molecule has 1 unspecified atom stereocenters. The minimum Gasteiger partial charge on any atom is -0.360 e. The maximum atomic E-state index is 12.9. The first kappa shape index (κ1) is 22.7. The molecule has 1 atom stereocenters. The van der Waals surface area contributed by atoms with E-state index in [1.165, 1.54) is 22.2 Å². The van der Waals surface area contributed by atoms with Gasteiger partial charge in [-0.2, -0.15) is 0 Å². The van der Waals surface area contributed by atoms with Gasteiger partial charge in [-0.25, -0.2) is 4.98 Å². The Kier molecular flexibility index (Phi) is 6.42. The second kappa shape index (κ2) is 9.63. The highest BCUT2D eigenvalue weighted by atomic mass is 32.2. The molecule has 0 fully saturated rings. The summed E-state index contributed by atoms with van der Waals surface area (Å²) < 4.78 is 4.97. The number of carbonyl (C=O) groups excluding carboxylic acids is 2. The number of benzene rings is 1. The highest BCUT2D eigenvalue weighted by molar-refractivity contribution is 8.01. The number of aromatic amines is 1. The first-order chi connectivity index (χ1) is 16.5. The average Bonchev–Trinajstić information content (AvgIpc) is 3.53. The fourth-order valence-corrected chi connectivity index (χ4v) is 6.06. The summed E-state index contributed by atoms with van der Waals surface area (Å²) >= 11 is 2.92. The van der Waals surface area contributed by atoms with Crippen LogP contribution in [0.5, 0.6) is 0 Å². The fourth-order valence-electron chi connectivity index (χ4n) is 4.07. The van der Waals surface area contributed by atoms with Gasteiger partial charge >= 0.3 is 0 Å². The molecule has 0 aliphatic heterocycles. The topological polar surface area (TPSA) is 113 Å². The molecule has 10 heteroatoms. The van der Waals surface area contributed by atoms with Gasteiger partial charge in [0, 0.05) is 10.9 Å². The third kappa shape index (κ3) is 4.74. The number of amides is 2. The summed E-state index contributed by atoms with van der Waals surface area (Å²) in [5, 5.41) is 9.98. The molecule has 4 aromatic rings. The predicted octanol–water partition coefficient (Wildman–Crippen LogP) is 5.17. The molecule has 8 nitrogen and oxygen atoms in total. The molecule has 176 valence electrons. The lowest BCUT2D eigenvalue weighted by Gasteiger charge is -2.12. The SMILES string of the molecule is Cc1cc(NC(=O)C(C)SCC(=O)Nc2sc3c(c2-c2nc4ccccc4[nH]2)CCCC3)no1. The van der Waals surface area contributed by atoms with Crippen molar-refractivity contribution in [3.05, 3.63) is 46.5 Å². The molecule has 34 heavy (non-hydrogen) atoms. The Bertz CT molecular complexity index is 1320. The number of rotatable bonds is 7. The van der Waals surface area contributed by atoms with Crippen LogP contribution in [0.25, 0.3) is 22.4 Å². The number of anilines is 2. The standard InChI is InChI=1S/C24H25N5O3S2/c1-13-11-19(29-32-13)27-23(31)14(2)33-12-20(30)28-24-21(15-7-3-6-10-18(15)34-24)22-25-16-8-4-5-9-17(16)26-22/h4-5,8-9,11,14H,3,6-7,10,12H2,1-2H3,(H,25,26)(H,28,30)(H,27,29,31). The summed E-state index contributed by atoms with van der Waals surface area (Å²) in [5.41, 5.74) is 4.17. The third-order valence-corrected chi connectivity index (χ3v) is 8.11. The van der Waals surface area contributed by atoms with Crippen LogP contribution in [0.4, 0.5) is 10.8 Å². The van der Waals surface area contributed by atoms with Gasteiger partial charge in [0.25, 0.3) is 0 Å². The van der Waals surface area contributed by atoms with Crippen molar-refractivity contribution in [1.82, 2.24) is 15.1 Å². The molecule has 2 amide bonds. The molecular weight excluding hydrogens is 470 g/mol. The van der Waals surface area contributed by atoms with Crippen molar-refractivity contribution in [3.63, 3.8) is 0 Å². The molecule has 1 aromatic carbocycles. The van der Waals surface area contributed by atoms with Gasteiger partial charge in [-0.1, -0.05) is 17.3 Å². The number of aryl methyl sites for hydroxylation is 2. The lowest BCUT2D eigenvalue weighted by Crippen LogP contribution is -2.25. The number of para-hydroxylation sites is 2. The second-order valence-corrected chi connectivity index (χ2v) is 10.8. The lowest BCUT2D eigenvalue weighted by atomic mass is 9.95. The lowest BCUT2D eigenvalue weighted by molar-refractivity contribution is -0.115. The number of thiophene rings is 1. The van der Waals surface area contributed by atoms with Crippen LogP contribution in [0.15, 0.2) is 34.9 Å². The Morgan fingerprint density at radius 3 is 2.85 bits per heavy atom. The number of nitrogens with zero attached hydrogens (tertiary/aromatic N) is 2. The Balaban J connectivity index is 1.29. The van der Waals surface area contributed by atoms with E-state index in [0.717, 1.165) is 53.1 Å². The van der Waals surface area contributed by atoms with E-state index in [2.05, 4.69) is 20.8 Å². The molecular formula is C24H25N5O3S2. The summed E-state index contributed by atoms with van der Waals surface area (Å²) in [6, 6.07) is 9.59. The van der Waals surface area contributed by atoms with E-state index >= 15 is 0 Å². The number of aromatic nitrogens is 3. The third-order valence-electron chi connectivity index (χ3n) is 5.76. The van der Waals surface area contributed by atoms with Crippen LogP contribution in [-0.2, 0) is 22.4 Å². The van der Waals surface area contributed by atoms with E-state index in [4.69, 9.17) is 9.51 Å². The first-order valence-electron chi connectivity index (χ1n) is 11.2. The van der Waals surface area contributed by atoms with Gasteiger partial charge in [0.2, 0.25) is 11.8 Å². The Hall–Kier alpha value is -3.11. The minimum atomic E-state index is -0.422. The highest BCUT2D eigenvalue weighted by Crippen LogP contribution is 2.43. The number of nitrogens with one attached hydrogen (secondary N) is 3. The quantitative estimate of drug-likeness (QED) is 0.326. The number of carbonyl (C=O) groups is 2. The number of H-pyrrole nitrogens is 1. The Labute approximate surface area is 204 Å². The predicted molar refractivity (Wildman–Crippen MR) is 136 cm³/mol. The normalized spacial score (nSPS) is 14.1. The van der Waals surface area contributed by atoms with Crippen molar-refractivity contribution in [2.75, 3.05) is 16.4 Å². The molecule has 3 heterocycles. The van der Waals surface area contributed by atoms with Crippen LogP contribution in [0, 0.1) is 6.92 Å². The van der Waals surface area contributed by atoms with E-state index in [1.54, 1.807) is 31.3 Å². The van der Waals surface area contributed by atoms with E-state index in [1.807, 2.05) is 24.3 Å². The maximum absolute atomic E-state index is 12.9. The van der Waals surface area contributed by atoms with Crippen LogP contribution in [0.3, 0.4) is 0 Å². The van der Waals surface area contributed by atoms with Gasteiger partial charge in [0.05, 0.1) is 27.6 Å². The first-order valence-corrected chi connectivity index (χ1v) is 13.1. The van der Waals surface area contributed by atoms with Crippen molar-refractivity contribution in [3.8, 4) is 11.4 Å². The van der Waals surface area contributed by atoms with Crippen LogP contribution in [0.2, 0.25) is 0 Å². The van der Waals surface area contributed by atoms with Gasteiger partial charge in [0.15, 0.2) is 5.82 Å². The van der Waals surface area contributed by atoms with Gasteiger partial charge in [-0.15, -0.1) is 23.1 Å². The van der Waals surface area contributed by atoms with Gasteiger partial charge in [-0.05, 0) is 57.2 Å². The summed E-state index contributed by atoms with van der Waals surface area (Å²) in [4.78, 5) is 34.8. The van der Waals surface area contributed by atoms with Crippen LogP contribution in [-0.4, -0.2) is 37.9 Å². The van der Waals surface area contributed by atoms with Crippen molar-refractivity contribution in [2.45, 2.75) is 44.8 Å². The maximum Gasteiger partial charge on any atom is 0.238 e. The number of thioether (sulfide) groups is 1. The van der Waals surface area contributed by atoms with E-state index < -0.39 is 5.25 Å². The summed E-state index contributed by atoms with van der Waals surface area (Å²) in [5.74, 6) is 1.58. The molecule has 0 saturated carbocycles. The minimum absolute atomic E-state index is 0.141. The Morgan fingerprint density at radius 1 is 1.24 bits per heavy atom.